The van der Waals surface area contributed by atoms with Crippen molar-refractivity contribution in [3.8, 4) is 0 Å². The number of hydrogen-bond acceptors (Lipinski definition) is 1. The first-order valence-electron chi connectivity index (χ1n) is 7.13. The molecular formula is C16H22OSe. The molecule has 1 aromatic carbocycles. The van der Waals surface area contributed by atoms with Crippen LogP contribution in [-0.4, -0.2) is 19.6 Å². The number of hydrogen-bond donors (Lipinski definition) is 0. The molecule has 98 valence electrons. The van der Waals surface area contributed by atoms with E-state index in [1.165, 1.54) is 50.5 Å². The van der Waals surface area contributed by atoms with E-state index in [9.17, 15) is 4.79 Å². The number of carbonyl (C=O) groups excluding carboxylic acids is 1. The summed E-state index contributed by atoms with van der Waals surface area (Å²) in [5.41, 5.74) is 2.34. The van der Waals surface area contributed by atoms with E-state index in [4.69, 9.17) is 0 Å². The second-order valence-corrected chi connectivity index (χ2v) is 7.50. The predicted octanol–water partition coefficient (Wildman–Crippen LogP) is 4.34. The van der Waals surface area contributed by atoms with Crippen molar-refractivity contribution < 1.29 is 4.79 Å². The van der Waals surface area contributed by atoms with Crippen molar-refractivity contribution in [2.45, 2.75) is 56.7 Å². The van der Waals surface area contributed by atoms with E-state index in [1.54, 1.807) is 0 Å². The Morgan fingerprint density at radius 2 is 1.78 bits per heavy atom. The molecule has 0 bridgehead atoms. The zero-order chi connectivity index (χ0) is 12.8. The van der Waals surface area contributed by atoms with Crippen LogP contribution in [0.2, 0.25) is 0 Å². The summed E-state index contributed by atoms with van der Waals surface area (Å²) in [6.07, 6.45) is 9.27. The third-order valence-corrected chi connectivity index (χ3v) is 6.13. The Balaban J connectivity index is 1.77. The second-order valence-electron chi connectivity index (χ2n) is 5.04. The van der Waals surface area contributed by atoms with Gasteiger partial charge in [-0.15, -0.1) is 0 Å². The monoisotopic (exact) mass is 310 g/mol. The summed E-state index contributed by atoms with van der Waals surface area (Å²) >= 11 is 0.160. The van der Waals surface area contributed by atoms with Gasteiger partial charge in [-0.1, -0.05) is 0 Å². The molecule has 0 amide bonds. The molecular weight excluding hydrogens is 287 g/mol. The number of fused-ring (bicyclic) bond motifs is 1. The van der Waals surface area contributed by atoms with Gasteiger partial charge in [-0.05, 0) is 0 Å². The Morgan fingerprint density at radius 1 is 1.06 bits per heavy atom. The van der Waals surface area contributed by atoms with Gasteiger partial charge in [0.15, 0.2) is 0 Å². The van der Waals surface area contributed by atoms with Crippen molar-refractivity contribution in [3.05, 3.63) is 35.4 Å². The van der Waals surface area contributed by atoms with E-state index in [-0.39, 0.29) is 15.0 Å². The fourth-order valence-corrected chi connectivity index (χ4v) is 5.04. The van der Waals surface area contributed by atoms with Gasteiger partial charge in [0, 0.05) is 0 Å². The van der Waals surface area contributed by atoms with Gasteiger partial charge in [-0.3, -0.25) is 0 Å². The van der Waals surface area contributed by atoms with Gasteiger partial charge in [0.25, 0.3) is 0 Å². The molecule has 0 aromatic heterocycles. The molecule has 0 radical (unpaired) electrons. The van der Waals surface area contributed by atoms with Crippen LogP contribution in [0.5, 0.6) is 0 Å². The van der Waals surface area contributed by atoms with Gasteiger partial charge in [0.05, 0.1) is 0 Å². The molecule has 0 saturated carbocycles. The van der Waals surface area contributed by atoms with Crippen LogP contribution >= 0.6 is 0 Å². The van der Waals surface area contributed by atoms with Crippen molar-refractivity contribution in [1.29, 1.82) is 0 Å². The van der Waals surface area contributed by atoms with Crippen LogP contribution < -0.4 is 0 Å². The Bertz CT molecular complexity index is 400. The molecule has 0 spiro atoms. The number of unbranched alkanes of at least 4 members (excludes halogenated alkanes) is 5. The molecule has 0 aliphatic carbocycles. The van der Waals surface area contributed by atoms with E-state index in [0.29, 0.717) is 9.50 Å². The zero-order valence-corrected chi connectivity index (χ0v) is 12.9. The SMILES string of the molecule is CCCCCCCCC1[Se]C(=O)c2ccccc21. The molecule has 2 heteroatoms. The molecule has 1 aliphatic heterocycles. The summed E-state index contributed by atoms with van der Waals surface area (Å²) in [5, 5.41) is 0. The van der Waals surface area contributed by atoms with Crippen molar-refractivity contribution in [2.24, 2.45) is 0 Å². The molecule has 0 fully saturated rings. The van der Waals surface area contributed by atoms with Crippen molar-refractivity contribution in [2.75, 3.05) is 0 Å². The van der Waals surface area contributed by atoms with E-state index in [2.05, 4.69) is 19.1 Å². The second kappa shape index (κ2) is 7.11. The molecule has 1 unspecified atom stereocenters. The number of carbonyl (C=O) groups is 1. The minimum atomic E-state index is 0.160. The van der Waals surface area contributed by atoms with Gasteiger partial charge < -0.3 is 0 Å². The van der Waals surface area contributed by atoms with Crippen LogP contribution in [0.3, 0.4) is 0 Å². The molecule has 1 aromatic rings. The molecule has 1 aliphatic rings. The van der Waals surface area contributed by atoms with E-state index < -0.39 is 0 Å². The van der Waals surface area contributed by atoms with Crippen LogP contribution in [-0.2, 0) is 0 Å². The van der Waals surface area contributed by atoms with Crippen molar-refractivity contribution in [1.82, 2.24) is 0 Å². The maximum atomic E-state index is 11.9. The molecule has 18 heavy (non-hydrogen) atoms. The van der Waals surface area contributed by atoms with Crippen molar-refractivity contribution in [3.63, 3.8) is 0 Å². The van der Waals surface area contributed by atoms with Crippen LogP contribution in [0, 0.1) is 0 Å². The summed E-state index contributed by atoms with van der Waals surface area (Å²) < 4.78 is 0.411. The summed E-state index contributed by atoms with van der Waals surface area (Å²) in [6, 6.07) is 8.21. The average Bonchev–Trinajstić information content (AvgIpc) is 2.71. The van der Waals surface area contributed by atoms with Crippen LogP contribution in [0.1, 0.15) is 72.6 Å². The van der Waals surface area contributed by atoms with Gasteiger partial charge in [0.2, 0.25) is 0 Å². The summed E-state index contributed by atoms with van der Waals surface area (Å²) in [4.78, 5) is 12.4. The van der Waals surface area contributed by atoms with Crippen molar-refractivity contribution >= 4 is 19.6 Å². The first-order valence-corrected chi connectivity index (χ1v) is 8.97. The topological polar surface area (TPSA) is 17.1 Å². The standard InChI is InChI=1S/C16H22OSe/c1-2-3-4-5-6-7-12-15-13-10-8-9-11-14(13)16(17)18-15/h8-11,15H,2-7,12H2,1H3. The molecule has 0 saturated heterocycles. The minimum absolute atomic E-state index is 0.160. The van der Waals surface area contributed by atoms with Gasteiger partial charge in [0.1, 0.15) is 0 Å². The van der Waals surface area contributed by atoms with E-state index in [0.717, 1.165) is 5.56 Å². The molecule has 1 heterocycles. The Morgan fingerprint density at radius 3 is 2.61 bits per heavy atom. The van der Waals surface area contributed by atoms with Crippen LogP contribution in [0.15, 0.2) is 24.3 Å². The van der Waals surface area contributed by atoms with E-state index in [1.807, 2.05) is 12.1 Å². The maximum absolute atomic E-state index is 11.9. The number of benzene rings is 1. The van der Waals surface area contributed by atoms with E-state index >= 15 is 0 Å². The fourth-order valence-electron chi connectivity index (χ4n) is 2.54. The van der Waals surface area contributed by atoms with Crippen LogP contribution in [0.4, 0.5) is 0 Å². The normalized spacial score (nSPS) is 18.1. The zero-order valence-electron chi connectivity index (χ0n) is 11.2. The third kappa shape index (κ3) is 3.46. The fraction of sp³-hybridized carbons (Fsp3) is 0.562. The molecule has 2 rings (SSSR count). The van der Waals surface area contributed by atoms with Gasteiger partial charge in [-0.2, -0.15) is 0 Å². The van der Waals surface area contributed by atoms with Crippen LogP contribution in [0.25, 0.3) is 0 Å². The first kappa shape index (κ1) is 13.8. The third-order valence-electron chi connectivity index (χ3n) is 3.60. The first-order chi connectivity index (χ1) is 8.83. The number of rotatable bonds is 7. The molecule has 1 nitrogen and oxygen atoms in total. The Labute approximate surface area is 117 Å². The molecule has 0 N–H and O–H groups in total. The average molecular weight is 309 g/mol. The summed E-state index contributed by atoms with van der Waals surface area (Å²) in [7, 11) is 0. The summed E-state index contributed by atoms with van der Waals surface area (Å²) in [6.45, 7) is 2.25. The Kier molecular flexibility index (Phi) is 5.46. The van der Waals surface area contributed by atoms with Gasteiger partial charge >= 0.3 is 117 Å². The predicted molar refractivity (Wildman–Crippen MR) is 77.3 cm³/mol. The molecule has 1 atom stereocenters. The van der Waals surface area contributed by atoms with Gasteiger partial charge in [-0.25, -0.2) is 0 Å². The summed E-state index contributed by atoms with van der Waals surface area (Å²) in [5.74, 6) is 0. The quantitative estimate of drug-likeness (QED) is 0.541. The Hall–Kier alpha value is -0.591.